The van der Waals surface area contributed by atoms with E-state index >= 15 is 0 Å². The van der Waals surface area contributed by atoms with Gasteiger partial charge in [0.2, 0.25) is 0 Å². The molecule has 0 saturated carbocycles. The summed E-state index contributed by atoms with van der Waals surface area (Å²) in [5.74, 6) is 0. The fourth-order valence-corrected chi connectivity index (χ4v) is 3.00. The molecular weight excluding hydrogens is 244 g/mol. The second-order valence-corrected chi connectivity index (χ2v) is 5.30. The molecule has 1 atom stereocenters. The van der Waals surface area contributed by atoms with Gasteiger partial charge in [0, 0.05) is 30.9 Å². The largest absolute Gasteiger partial charge is 0.348 e. The summed E-state index contributed by atoms with van der Waals surface area (Å²) >= 11 is 0. The number of hydrogen-bond donors (Lipinski definition) is 0. The van der Waals surface area contributed by atoms with Crippen molar-refractivity contribution in [1.82, 2.24) is 4.90 Å². The number of fused-ring (bicyclic) bond motifs is 2. The van der Waals surface area contributed by atoms with Crippen LogP contribution in [0, 0.1) is 0 Å². The van der Waals surface area contributed by atoms with E-state index < -0.39 is 0 Å². The zero-order valence-corrected chi connectivity index (χ0v) is 11.2. The lowest BCUT2D eigenvalue weighted by Crippen LogP contribution is -2.26. The normalized spacial score (nSPS) is 19.6. The molecule has 2 aliphatic rings. The Kier molecular flexibility index (Phi) is 2.66. The van der Waals surface area contributed by atoms with Crippen molar-refractivity contribution in [2.45, 2.75) is 19.1 Å². The second-order valence-electron chi connectivity index (χ2n) is 5.30. The van der Waals surface area contributed by atoms with Gasteiger partial charge in [-0.15, -0.1) is 0 Å². The van der Waals surface area contributed by atoms with Crippen LogP contribution in [0.5, 0.6) is 0 Å². The third-order valence-electron chi connectivity index (χ3n) is 4.06. The van der Waals surface area contributed by atoms with Crippen LogP contribution in [0.1, 0.15) is 28.4 Å². The number of hydrogen-bond acceptors (Lipinski definition) is 2. The molecule has 0 spiro atoms. The second kappa shape index (κ2) is 4.64. The molecule has 0 amide bonds. The van der Waals surface area contributed by atoms with Crippen LogP contribution in [-0.2, 0) is 13.0 Å². The summed E-state index contributed by atoms with van der Waals surface area (Å²) in [6.45, 7) is 0.920. The van der Waals surface area contributed by atoms with Crippen LogP contribution in [0.4, 0.5) is 0 Å². The Morgan fingerprint density at radius 1 is 0.950 bits per heavy atom. The van der Waals surface area contributed by atoms with E-state index in [-0.39, 0.29) is 6.17 Å². The Balaban J connectivity index is 1.70. The molecule has 2 heteroatoms. The number of nitrogens with zero attached hydrogens (tertiary/aromatic N) is 2. The van der Waals surface area contributed by atoms with E-state index in [0.29, 0.717) is 0 Å². The van der Waals surface area contributed by atoms with Crippen LogP contribution in [0.3, 0.4) is 0 Å². The smallest absolute Gasteiger partial charge is 0.146 e. The Labute approximate surface area is 119 Å². The minimum Gasteiger partial charge on any atom is -0.348 e. The highest BCUT2D eigenvalue weighted by molar-refractivity contribution is 5.66. The van der Waals surface area contributed by atoms with Gasteiger partial charge < -0.3 is 4.90 Å². The molecule has 2 heterocycles. The number of aliphatic imine (C=N–C) groups is 1. The van der Waals surface area contributed by atoms with Crippen molar-refractivity contribution in [3.05, 3.63) is 77.0 Å². The van der Waals surface area contributed by atoms with Crippen molar-refractivity contribution in [2.24, 2.45) is 4.99 Å². The van der Waals surface area contributed by atoms with Gasteiger partial charge >= 0.3 is 0 Å². The molecule has 4 rings (SSSR count). The summed E-state index contributed by atoms with van der Waals surface area (Å²) < 4.78 is 0. The molecule has 0 aromatic heterocycles. The Morgan fingerprint density at radius 3 is 2.70 bits per heavy atom. The molecule has 2 nitrogen and oxygen atoms in total. The van der Waals surface area contributed by atoms with E-state index in [9.17, 15) is 0 Å². The van der Waals surface area contributed by atoms with Gasteiger partial charge in [0.05, 0.1) is 0 Å². The van der Waals surface area contributed by atoms with E-state index in [0.717, 1.165) is 13.0 Å². The monoisotopic (exact) mass is 260 g/mol. The molecule has 98 valence electrons. The molecule has 0 N–H and O–H groups in total. The number of rotatable bonds is 1. The maximum atomic E-state index is 4.72. The third-order valence-corrected chi connectivity index (χ3v) is 4.06. The predicted molar refractivity (Wildman–Crippen MR) is 82.4 cm³/mol. The van der Waals surface area contributed by atoms with Gasteiger partial charge in [-0.25, -0.2) is 0 Å². The Bertz CT molecular complexity index is 700. The van der Waals surface area contributed by atoms with Crippen molar-refractivity contribution in [3.63, 3.8) is 0 Å². The number of benzene rings is 2. The zero-order valence-electron chi connectivity index (χ0n) is 11.2. The van der Waals surface area contributed by atoms with E-state index in [1.54, 1.807) is 0 Å². The maximum Gasteiger partial charge on any atom is 0.146 e. The van der Waals surface area contributed by atoms with Crippen LogP contribution in [0.15, 0.2) is 59.7 Å². The first-order chi connectivity index (χ1) is 9.92. The molecule has 0 aliphatic carbocycles. The van der Waals surface area contributed by atoms with Gasteiger partial charge in [-0.3, -0.25) is 4.99 Å². The first-order valence-electron chi connectivity index (χ1n) is 7.03. The molecule has 2 aromatic carbocycles. The molecule has 2 aromatic rings. The summed E-state index contributed by atoms with van der Waals surface area (Å²) in [5, 5.41) is 0. The molecule has 0 saturated heterocycles. The first kappa shape index (κ1) is 11.5. The molecule has 0 radical (unpaired) electrons. The van der Waals surface area contributed by atoms with Gasteiger partial charge in [0.1, 0.15) is 6.17 Å². The van der Waals surface area contributed by atoms with Gasteiger partial charge in [-0.1, -0.05) is 48.5 Å². The summed E-state index contributed by atoms with van der Waals surface area (Å²) in [7, 11) is 0. The average Bonchev–Trinajstić information content (AvgIpc) is 2.54. The van der Waals surface area contributed by atoms with E-state index in [1.807, 2.05) is 6.21 Å². The standard InChI is InChI=1S/C18H16N2/c1-2-7-16-13-20(12-10-14(16)5-1)18-17-8-4-3-6-15(17)9-11-19-18/h1-8,10-12,18H,9,13H2. The summed E-state index contributed by atoms with van der Waals surface area (Å²) in [6, 6.07) is 17.2. The van der Waals surface area contributed by atoms with Gasteiger partial charge in [0.25, 0.3) is 0 Å². The van der Waals surface area contributed by atoms with Crippen molar-refractivity contribution in [3.8, 4) is 0 Å². The van der Waals surface area contributed by atoms with Crippen LogP contribution in [-0.4, -0.2) is 11.1 Å². The zero-order chi connectivity index (χ0) is 13.4. The summed E-state index contributed by atoms with van der Waals surface area (Å²) in [6.07, 6.45) is 7.46. The van der Waals surface area contributed by atoms with Crippen LogP contribution in [0.2, 0.25) is 0 Å². The van der Waals surface area contributed by atoms with Crippen LogP contribution >= 0.6 is 0 Å². The molecule has 0 bridgehead atoms. The molecule has 20 heavy (non-hydrogen) atoms. The topological polar surface area (TPSA) is 15.6 Å². The predicted octanol–water partition coefficient (Wildman–Crippen LogP) is 3.80. The minimum absolute atomic E-state index is 0.115. The van der Waals surface area contributed by atoms with Crippen molar-refractivity contribution in [1.29, 1.82) is 0 Å². The third kappa shape index (κ3) is 1.85. The first-order valence-corrected chi connectivity index (χ1v) is 7.03. The van der Waals surface area contributed by atoms with Crippen LogP contribution in [0.25, 0.3) is 6.08 Å². The lowest BCUT2D eigenvalue weighted by Gasteiger charge is -2.33. The minimum atomic E-state index is 0.115. The van der Waals surface area contributed by atoms with Crippen LogP contribution < -0.4 is 0 Å². The fraction of sp³-hybridized carbons (Fsp3) is 0.167. The summed E-state index contributed by atoms with van der Waals surface area (Å²) in [4.78, 5) is 7.03. The highest BCUT2D eigenvalue weighted by Crippen LogP contribution is 2.32. The fourth-order valence-electron chi connectivity index (χ4n) is 3.00. The van der Waals surface area contributed by atoms with Crippen molar-refractivity contribution < 1.29 is 0 Å². The Morgan fingerprint density at radius 2 is 1.75 bits per heavy atom. The molecule has 0 fully saturated rings. The SMILES string of the molecule is C1=CN(C2N=CCc3ccccc32)Cc2ccccc21. The van der Waals surface area contributed by atoms with E-state index in [4.69, 9.17) is 4.99 Å². The van der Waals surface area contributed by atoms with Gasteiger partial charge in [0.15, 0.2) is 0 Å². The lowest BCUT2D eigenvalue weighted by molar-refractivity contribution is 0.276. The molecule has 1 unspecified atom stereocenters. The molecule has 2 aliphatic heterocycles. The van der Waals surface area contributed by atoms with Gasteiger partial charge in [-0.2, -0.15) is 0 Å². The van der Waals surface area contributed by atoms with E-state index in [1.165, 1.54) is 22.3 Å². The maximum absolute atomic E-state index is 4.72. The Hall–Kier alpha value is -2.35. The quantitative estimate of drug-likeness (QED) is 0.761. The highest BCUT2D eigenvalue weighted by Gasteiger charge is 2.23. The van der Waals surface area contributed by atoms with Gasteiger partial charge in [-0.05, 0) is 22.8 Å². The average molecular weight is 260 g/mol. The van der Waals surface area contributed by atoms with Crippen molar-refractivity contribution >= 4 is 12.3 Å². The highest BCUT2D eigenvalue weighted by atomic mass is 15.2. The van der Waals surface area contributed by atoms with E-state index in [2.05, 4.69) is 65.7 Å². The lowest BCUT2D eigenvalue weighted by atomic mass is 9.98. The molecular formula is C18H16N2. The summed E-state index contributed by atoms with van der Waals surface area (Å²) in [5.41, 5.74) is 5.41. The van der Waals surface area contributed by atoms with Crippen molar-refractivity contribution in [2.75, 3.05) is 0 Å².